The Balaban J connectivity index is 1.22. The molecule has 0 aromatic heterocycles. The van der Waals surface area contributed by atoms with Crippen molar-refractivity contribution >= 4 is 33.3 Å². The van der Waals surface area contributed by atoms with Crippen molar-refractivity contribution in [1.82, 2.24) is 14.5 Å². The third-order valence-electron chi connectivity index (χ3n) is 9.38. The minimum atomic E-state index is -4.13. The van der Waals surface area contributed by atoms with Crippen LogP contribution in [-0.4, -0.2) is 98.7 Å². The fraction of sp³-hybridized carbons (Fsp3) is 0.543. The van der Waals surface area contributed by atoms with Crippen molar-refractivity contribution in [3.05, 3.63) is 65.9 Å². The molecular weight excluding hydrogens is 636 g/mol. The number of sulfonamides is 1. The second kappa shape index (κ2) is 15.0. The van der Waals surface area contributed by atoms with Crippen LogP contribution in [0.3, 0.4) is 0 Å². The van der Waals surface area contributed by atoms with E-state index in [1.54, 1.807) is 12.1 Å². The van der Waals surface area contributed by atoms with Crippen LogP contribution in [0.4, 0.5) is 10.5 Å². The number of ether oxygens (including phenoxy) is 3. The molecule has 0 spiro atoms. The van der Waals surface area contributed by atoms with Crippen molar-refractivity contribution in [2.45, 2.75) is 75.4 Å². The lowest BCUT2D eigenvalue weighted by Gasteiger charge is -2.31. The fourth-order valence-corrected chi connectivity index (χ4v) is 8.52. The van der Waals surface area contributed by atoms with E-state index in [0.717, 1.165) is 44.3 Å². The zero-order valence-electron chi connectivity index (χ0n) is 27.5. The van der Waals surface area contributed by atoms with Crippen LogP contribution >= 0.6 is 0 Å². The zero-order valence-corrected chi connectivity index (χ0v) is 28.4. The van der Waals surface area contributed by atoms with Crippen LogP contribution in [0.15, 0.2) is 59.6 Å². The molecule has 260 valence electrons. The number of rotatable bonds is 12. The Bertz CT molecular complexity index is 1590. The number of aliphatic hydroxyl groups is 1. The Morgan fingerprint density at radius 3 is 2.65 bits per heavy atom. The number of nitrogens with zero attached hydrogens (tertiary/aromatic N) is 2. The smallest absolute Gasteiger partial charge is 0.407 e. The molecule has 2 aromatic carbocycles. The van der Waals surface area contributed by atoms with E-state index in [-0.39, 0.29) is 55.0 Å². The van der Waals surface area contributed by atoms with Gasteiger partial charge in [0.05, 0.1) is 41.7 Å². The van der Waals surface area contributed by atoms with E-state index in [9.17, 15) is 23.1 Å². The SMILES string of the molecule is CC(C)CN(CC(O)C(Cc1ccccc1)NC(=O)OC1COC2OCCC12)S(=O)(=O)c1ccc2c(c1)/C(=C/N1CCCCC1)C(=O)N2. The molecule has 48 heavy (non-hydrogen) atoms. The number of carbonyl (C=O) groups is 2. The van der Waals surface area contributed by atoms with Crippen LogP contribution in [0.1, 0.15) is 50.7 Å². The van der Waals surface area contributed by atoms with Crippen LogP contribution in [0.2, 0.25) is 0 Å². The molecule has 3 fully saturated rings. The number of nitrogens with one attached hydrogen (secondary N) is 2. The maximum atomic E-state index is 14.3. The van der Waals surface area contributed by atoms with Crippen LogP contribution in [0.5, 0.6) is 0 Å². The molecule has 6 rings (SSSR count). The first-order valence-corrected chi connectivity index (χ1v) is 18.4. The van der Waals surface area contributed by atoms with Crippen molar-refractivity contribution in [1.29, 1.82) is 0 Å². The maximum absolute atomic E-state index is 14.3. The van der Waals surface area contributed by atoms with Gasteiger partial charge in [0.25, 0.3) is 5.91 Å². The molecule has 0 bridgehead atoms. The van der Waals surface area contributed by atoms with E-state index in [1.807, 2.05) is 50.4 Å². The van der Waals surface area contributed by atoms with Gasteiger partial charge in [0.2, 0.25) is 10.0 Å². The Kier molecular flexibility index (Phi) is 10.7. The van der Waals surface area contributed by atoms with Gasteiger partial charge in [-0.05, 0) is 61.8 Å². The molecule has 5 unspecified atom stereocenters. The predicted octanol–water partition coefficient (Wildman–Crippen LogP) is 3.57. The van der Waals surface area contributed by atoms with Crippen molar-refractivity contribution in [2.75, 3.05) is 44.7 Å². The molecule has 0 aliphatic carbocycles. The monoisotopic (exact) mass is 682 g/mol. The summed E-state index contributed by atoms with van der Waals surface area (Å²) in [5, 5.41) is 17.3. The highest BCUT2D eigenvalue weighted by Crippen LogP contribution is 2.36. The number of likely N-dealkylation sites (tertiary alicyclic amines) is 1. The van der Waals surface area contributed by atoms with Gasteiger partial charge >= 0.3 is 6.09 Å². The molecule has 12 nitrogen and oxygen atoms in total. The number of piperidine rings is 1. The molecule has 0 radical (unpaired) electrons. The summed E-state index contributed by atoms with van der Waals surface area (Å²) in [6, 6.07) is 13.2. The van der Waals surface area contributed by atoms with Crippen LogP contribution in [0.25, 0.3) is 5.57 Å². The van der Waals surface area contributed by atoms with E-state index in [1.165, 1.54) is 10.4 Å². The highest BCUT2D eigenvalue weighted by Gasteiger charge is 2.44. The molecule has 4 aliphatic heterocycles. The molecule has 13 heteroatoms. The molecule has 2 aromatic rings. The fourth-order valence-electron chi connectivity index (χ4n) is 6.87. The molecule has 5 atom stereocenters. The van der Waals surface area contributed by atoms with Crippen molar-refractivity contribution in [3.8, 4) is 0 Å². The molecule has 3 saturated heterocycles. The summed E-state index contributed by atoms with van der Waals surface area (Å²) in [6.07, 6.45) is 3.21. The minimum Gasteiger partial charge on any atom is -0.443 e. The summed E-state index contributed by atoms with van der Waals surface area (Å²) < 4.78 is 46.7. The second-order valence-corrected chi connectivity index (χ2v) is 15.4. The van der Waals surface area contributed by atoms with Gasteiger partial charge in [0.15, 0.2) is 6.29 Å². The number of hydrogen-bond acceptors (Lipinski definition) is 9. The Morgan fingerprint density at radius 1 is 1.12 bits per heavy atom. The summed E-state index contributed by atoms with van der Waals surface area (Å²) in [5.41, 5.74) is 2.39. The van der Waals surface area contributed by atoms with Crippen LogP contribution in [0, 0.1) is 11.8 Å². The van der Waals surface area contributed by atoms with Gasteiger partial charge in [0, 0.05) is 43.6 Å². The number of benzene rings is 2. The lowest BCUT2D eigenvalue weighted by atomic mass is 10.0. The van der Waals surface area contributed by atoms with Crippen LogP contribution < -0.4 is 10.6 Å². The summed E-state index contributed by atoms with van der Waals surface area (Å²) in [7, 11) is -4.13. The van der Waals surface area contributed by atoms with Gasteiger partial charge < -0.3 is 34.9 Å². The van der Waals surface area contributed by atoms with Crippen molar-refractivity contribution in [2.24, 2.45) is 11.8 Å². The predicted molar refractivity (Wildman–Crippen MR) is 179 cm³/mol. The first kappa shape index (κ1) is 34.4. The summed E-state index contributed by atoms with van der Waals surface area (Å²) in [6.45, 7) is 6.13. The standard InChI is InChI=1S/C35H46N4O8S/c1-23(2)19-39(48(43,44)25-11-12-29-27(18-25)28(33(41)36-29)20-38-14-7-4-8-15-38)21-31(40)30(17-24-9-5-3-6-10-24)37-35(42)47-32-22-46-34-26(32)13-16-45-34/h3,5-6,9-12,18,20,23,26,30-32,34,40H,4,7-8,13-17,19,21-22H2,1-2H3,(H,36,41)(H,37,42)/b28-20-. The Morgan fingerprint density at radius 2 is 1.90 bits per heavy atom. The normalized spacial score (nSPS) is 24.4. The number of fused-ring (bicyclic) bond motifs is 2. The molecular formula is C35H46N4O8S. The zero-order chi connectivity index (χ0) is 33.8. The summed E-state index contributed by atoms with van der Waals surface area (Å²) in [5.74, 6) is -0.372. The molecule has 0 saturated carbocycles. The summed E-state index contributed by atoms with van der Waals surface area (Å²) in [4.78, 5) is 28.2. The van der Waals surface area contributed by atoms with E-state index in [2.05, 4.69) is 15.5 Å². The second-order valence-electron chi connectivity index (χ2n) is 13.5. The first-order valence-electron chi connectivity index (χ1n) is 16.9. The highest BCUT2D eigenvalue weighted by atomic mass is 32.2. The molecule has 4 aliphatic rings. The number of amides is 2. The van der Waals surface area contributed by atoms with Gasteiger partial charge in [-0.25, -0.2) is 13.2 Å². The van der Waals surface area contributed by atoms with Crippen LogP contribution in [-0.2, 0) is 35.4 Å². The lowest BCUT2D eigenvalue weighted by Crippen LogP contribution is -2.51. The third kappa shape index (κ3) is 7.86. The van der Waals surface area contributed by atoms with E-state index >= 15 is 0 Å². The average Bonchev–Trinajstić information content (AvgIpc) is 3.77. The number of aliphatic hydroxyl groups excluding tert-OH is 1. The quantitative estimate of drug-likeness (QED) is 0.286. The van der Waals surface area contributed by atoms with E-state index < -0.39 is 34.4 Å². The molecule has 4 heterocycles. The van der Waals surface area contributed by atoms with Gasteiger partial charge in [-0.1, -0.05) is 44.2 Å². The minimum absolute atomic E-state index is 0.0247. The topological polar surface area (TPSA) is 147 Å². The van der Waals surface area contributed by atoms with E-state index in [0.29, 0.717) is 23.4 Å². The van der Waals surface area contributed by atoms with Gasteiger partial charge in [-0.2, -0.15) is 4.31 Å². The van der Waals surface area contributed by atoms with Crippen molar-refractivity contribution < 1.29 is 37.3 Å². The number of anilines is 1. The Labute approximate surface area is 282 Å². The van der Waals surface area contributed by atoms with Gasteiger partial charge in [-0.15, -0.1) is 0 Å². The maximum Gasteiger partial charge on any atom is 0.407 e. The molecule has 3 N–H and O–H groups in total. The van der Waals surface area contributed by atoms with Crippen molar-refractivity contribution in [3.63, 3.8) is 0 Å². The van der Waals surface area contributed by atoms with E-state index in [4.69, 9.17) is 14.2 Å². The largest absolute Gasteiger partial charge is 0.443 e. The first-order chi connectivity index (χ1) is 23.1. The number of alkyl carbamates (subject to hydrolysis) is 1. The average molecular weight is 683 g/mol. The lowest BCUT2D eigenvalue weighted by molar-refractivity contribution is -0.110. The molecule has 2 amide bonds. The van der Waals surface area contributed by atoms with Gasteiger partial charge in [0.1, 0.15) is 6.10 Å². The third-order valence-corrected chi connectivity index (χ3v) is 11.2. The Hall–Kier alpha value is -3.49. The highest BCUT2D eigenvalue weighted by molar-refractivity contribution is 7.89. The number of carbonyl (C=O) groups excluding carboxylic acids is 2. The number of hydrogen-bond donors (Lipinski definition) is 3. The van der Waals surface area contributed by atoms with Gasteiger partial charge in [-0.3, -0.25) is 4.79 Å². The summed E-state index contributed by atoms with van der Waals surface area (Å²) >= 11 is 0.